The predicted octanol–water partition coefficient (Wildman–Crippen LogP) is 4.57. The molecular formula is C32H32N2O6S. The molecular weight excluding hydrogens is 540 g/mol. The first-order chi connectivity index (χ1) is 19.6. The van der Waals surface area contributed by atoms with E-state index in [1.54, 1.807) is 0 Å². The first-order valence-electron chi connectivity index (χ1n) is 13.8. The molecule has 0 aromatic heterocycles. The highest BCUT2D eigenvalue weighted by atomic mass is 32.2. The molecule has 8 nitrogen and oxygen atoms in total. The number of sulfone groups is 1. The van der Waals surface area contributed by atoms with E-state index in [9.17, 15) is 18.0 Å². The van der Waals surface area contributed by atoms with Crippen molar-refractivity contribution >= 4 is 27.4 Å². The van der Waals surface area contributed by atoms with Gasteiger partial charge in [0.15, 0.2) is 15.9 Å². The van der Waals surface area contributed by atoms with Crippen LogP contribution in [-0.2, 0) is 29.0 Å². The molecule has 0 radical (unpaired) electrons. The van der Waals surface area contributed by atoms with E-state index in [2.05, 4.69) is 5.16 Å². The number of esters is 1. The lowest BCUT2D eigenvalue weighted by Crippen LogP contribution is -2.64. The Hall–Kier alpha value is -3.98. The second kappa shape index (κ2) is 10.1. The van der Waals surface area contributed by atoms with Crippen LogP contribution >= 0.6 is 0 Å². The molecule has 4 atom stereocenters. The van der Waals surface area contributed by atoms with Gasteiger partial charge in [0.25, 0.3) is 0 Å². The van der Waals surface area contributed by atoms with Crippen molar-refractivity contribution in [2.75, 3.05) is 0 Å². The summed E-state index contributed by atoms with van der Waals surface area (Å²) in [4.78, 5) is 34.1. The molecule has 3 heterocycles. The number of hydrogen-bond donors (Lipinski definition) is 0. The molecule has 0 bridgehead atoms. The number of benzene rings is 3. The molecule has 0 unspecified atom stereocenters. The Morgan fingerprint density at radius 2 is 1.59 bits per heavy atom. The molecule has 0 spiro atoms. The molecule has 0 aliphatic carbocycles. The molecule has 212 valence electrons. The van der Waals surface area contributed by atoms with Crippen LogP contribution in [0.2, 0.25) is 0 Å². The third kappa shape index (κ3) is 4.52. The summed E-state index contributed by atoms with van der Waals surface area (Å²) in [6.45, 7) is 5.01. The van der Waals surface area contributed by atoms with Gasteiger partial charge in [-0.15, -0.1) is 0 Å². The molecule has 3 aromatic carbocycles. The Morgan fingerprint density at radius 3 is 2.17 bits per heavy atom. The largest absolute Gasteiger partial charge is 0.451 e. The molecule has 3 aliphatic rings. The van der Waals surface area contributed by atoms with Crippen molar-refractivity contribution in [1.82, 2.24) is 4.90 Å². The summed E-state index contributed by atoms with van der Waals surface area (Å²) in [7, 11) is -3.91. The lowest BCUT2D eigenvalue weighted by molar-refractivity contribution is -0.170. The Kier molecular flexibility index (Phi) is 6.72. The van der Waals surface area contributed by atoms with Crippen LogP contribution in [0.25, 0.3) is 0 Å². The molecule has 41 heavy (non-hydrogen) atoms. The fourth-order valence-electron chi connectivity index (χ4n) is 6.13. The van der Waals surface area contributed by atoms with Gasteiger partial charge in [0, 0.05) is 12.8 Å². The number of nitrogens with zero attached hydrogens (tertiary/aromatic N) is 2. The molecule has 3 aromatic rings. The summed E-state index contributed by atoms with van der Waals surface area (Å²) in [5.74, 6) is -1.93. The van der Waals surface area contributed by atoms with Crippen LogP contribution in [0, 0.1) is 12.8 Å². The number of carbonyl (C=O) groups is 2. The molecule has 0 saturated carbocycles. The van der Waals surface area contributed by atoms with Gasteiger partial charge in [-0.25, -0.2) is 13.2 Å². The average Bonchev–Trinajstić information content (AvgIpc) is 3.49. The molecule has 2 fully saturated rings. The SMILES string of the molecule is Cc1ccc(C2=NO[C@@H](C[C@@H]3C(=O)N4[C@@H](C(=O)OC(c5ccccc5)c5ccccc5)C(C)(C)S(=O)(=O)[C@@H]34)C2)cc1. The Morgan fingerprint density at radius 1 is 1.00 bits per heavy atom. The molecule has 3 aliphatic heterocycles. The monoisotopic (exact) mass is 572 g/mol. The first-order valence-corrected chi connectivity index (χ1v) is 15.3. The maximum Gasteiger partial charge on any atom is 0.331 e. The van der Waals surface area contributed by atoms with Crippen LogP contribution in [0.4, 0.5) is 0 Å². The molecule has 0 N–H and O–H groups in total. The molecule has 1 amide bonds. The number of aryl methyl sites for hydroxylation is 1. The topological polar surface area (TPSA) is 102 Å². The maximum atomic E-state index is 13.8. The third-order valence-corrected chi connectivity index (χ3v) is 11.4. The number of ether oxygens (including phenoxy) is 1. The minimum absolute atomic E-state index is 0.201. The number of carbonyl (C=O) groups excluding carboxylic acids is 2. The second-order valence-electron chi connectivity index (χ2n) is 11.5. The summed E-state index contributed by atoms with van der Waals surface area (Å²) in [6, 6.07) is 25.2. The summed E-state index contributed by atoms with van der Waals surface area (Å²) in [5.41, 5.74) is 4.33. The van der Waals surface area contributed by atoms with Crippen molar-refractivity contribution < 1.29 is 27.6 Å². The Balaban J connectivity index is 1.21. The zero-order chi connectivity index (χ0) is 28.9. The lowest BCUT2D eigenvalue weighted by atomic mass is 9.86. The number of hydrogen-bond acceptors (Lipinski definition) is 7. The number of oxime groups is 1. The smallest absolute Gasteiger partial charge is 0.331 e. The van der Waals surface area contributed by atoms with Gasteiger partial charge in [-0.1, -0.05) is 95.6 Å². The van der Waals surface area contributed by atoms with Crippen LogP contribution in [0.1, 0.15) is 55.0 Å². The van der Waals surface area contributed by atoms with Gasteiger partial charge in [0.1, 0.15) is 17.5 Å². The van der Waals surface area contributed by atoms with Gasteiger partial charge in [0.05, 0.1) is 16.4 Å². The standard InChI is InChI=1S/C32H32N2O6S/c1-20-14-16-21(17-15-20)26-19-24(40-33-26)18-25-29(35)34-28(32(2,3)41(37,38)30(25)34)31(36)39-27(22-10-6-4-7-11-22)23-12-8-5-9-13-23/h4-17,24-25,27-28,30H,18-19H2,1-3H3/t24-,25+,28-,30-/m0/s1. The summed E-state index contributed by atoms with van der Waals surface area (Å²) in [6.07, 6.45) is -0.497. The average molecular weight is 573 g/mol. The second-order valence-corrected chi connectivity index (χ2v) is 14.1. The Bertz CT molecular complexity index is 1560. The van der Waals surface area contributed by atoms with Gasteiger partial charge < -0.3 is 14.5 Å². The van der Waals surface area contributed by atoms with Crippen LogP contribution < -0.4 is 0 Å². The number of β-lactam (4-membered cyclic amide) rings is 1. The van der Waals surface area contributed by atoms with E-state index in [0.717, 1.165) is 28.0 Å². The van der Waals surface area contributed by atoms with Crippen molar-refractivity contribution in [3.8, 4) is 0 Å². The fourth-order valence-corrected chi connectivity index (χ4v) is 8.45. The minimum atomic E-state index is -3.91. The van der Waals surface area contributed by atoms with E-state index >= 15 is 0 Å². The summed E-state index contributed by atoms with van der Waals surface area (Å²) in [5, 5.41) is 3.10. The van der Waals surface area contributed by atoms with E-state index < -0.39 is 50.1 Å². The number of amides is 1. The number of rotatable bonds is 7. The van der Waals surface area contributed by atoms with Crippen LogP contribution in [0.3, 0.4) is 0 Å². The van der Waals surface area contributed by atoms with Gasteiger partial charge in [-0.05, 0) is 37.5 Å². The zero-order valence-corrected chi connectivity index (χ0v) is 24.0. The molecule has 9 heteroatoms. The highest BCUT2D eigenvalue weighted by Gasteiger charge is 2.72. The van der Waals surface area contributed by atoms with E-state index in [1.165, 1.54) is 18.7 Å². The minimum Gasteiger partial charge on any atom is -0.451 e. The van der Waals surface area contributed by atoms with Gasteiger partial charge in [-0.3, -0.25) is 4.79 Å². The summed E-state index contributed by atoms with van der Waals surface area (Å²) < 4.78 is 32.1. The highest BCUT2D eigenvalue weighted by molar-refractivity contribution is 7.93. The molecule has 6 rings (SSSR count). The van der Waals surface area contributed by atoms with E-state index in [4.69, 9.17) is 9.57 Å². The number of fused-ring (bicyclic) bond motifs is 1. The highest BCUT2D eigenvalue weighted by Crippen LogP contribution is 2.51. The van der Waals surface area contributed by atoms with Crippen LogP contribution in [0.15, 0.2) is 90.1 Å². The van der Waals surface area contributed by atoms with E-state index in [-0.39, 0.29) is 12.3 Å². The third-order valence-electron chi connectivity index (χ3n) is 8.47. The van der Waals surface area contributed by atoms with Crippen molar-refractivity contribution in [2.24, 2.45) is 11.1 Å². The van der Waals surface area contributed by atoms with E-state index in [0.29, 0.717) is 6.42 Å². The van der Waals surface area contributed by atoms with Gasteiger partial charge in [0.2, 0.25) is 5.91 Å². The van der Waals surface area contributed by atoms with Crippen molar-refractivity contribution in [3.05, 3.63) is 107 Å². The van der Waals surface area contributed by atoms with Gasteiger partial charge in [-0.2, -0.15) is 0 Å². The quantitative estimate of drug-likeness (QED) is 0.304. The summed E-state index contributed by atoms with van der Waals surface area (Å²) >= 11 is 0. The zero-order valence-electron chi connectivity index (χ0n) is 23.1. The fraction of sp³-hybridized carbons (Fsp3) is 0.344. The molecule has 2 saturated heterocycles. The predicted molar refractivity (Wildman–Crippen MR) is 154 cm³/mol. The van der Waals surface area contributed by atoms with E-state index in [1.807, 2.05) is 91.9 Å². The normalized spacial score (nSPS) is 25.7. The maximum absolute atomic E-state index is 13.8. The Labute approximate surface area is 239 Å². The van der Waals surface area contributed by atoms with Crippen molar-refractivity contribution in [2.45, 2.75) is 62.0 Å². The van der Waals surface area contributed by atoms with Gasteiger partial charge >= 0.3 is 5.97 Å². The first kappa shape index (κ1) is 27.2. The van der Waals surface area contributed by atoms with Crippen molar-refractivity contribution in [1.29, 1.82) is 0 Å². The lowest BCUT2D eigenvalue weighted by Gasteiger charge is -2.43. The van der Waals surface area contributed by atoms with Crippen molar-refractivity contribution in [3.63, 3.8) is 0 Å². The van der Waals surface area contributed by atoms with Crippen LogP contribution in [0.5, 0.6) is 0 Å². The van der Waals surface area contributed by atoms with Crippen LogP contribution in [-0.4, -0.2) is 53.2 Å².